The molecule has 2 rings (SSSR count). The molecule has 3 heteroatoms. The molecule has 1 fully saturated rings. The molecule has 0 radical (unpaired) electrons. The molecule has 0 spiro atoms. The lowest BCUT2D eigenvalue weighted by Crippen LogP contribution is -2.37. The number of pyridine rings is 1. The topological polar surface area (TPSA) is 45.2 Å². The molecular weight excluding hydrogens is 248 g/mol. The SMILES string of the molecule is CC(/C=C/c1ccccn1)NCC(O)C1CCCCC1. The Morgan fingerprint density at radius 2 is 2.15 bits per heavy atom. The van der Waals surface area contributed by atoms with E-state index in [2.05, 4.69) is 23.3 Å². The first-order valence-corrected chi connectivity index (χ1v) is 7.76. The lowest BCUT2D eigenvalue weighted by molar-refractivity contribution is 0.0831. The largest absolute Gasteiger partial charge is 0.392 e. The number of aliphatic hydroxyl groups excluding tert-OH is 1. The summed E-state index contributed by atoms with van der Waals surface area (Å²) in [6, 6.07) is 6.13. The second-order valence-corrected chi connectivity index (χ2v) is 5.78. The van der Waals surface area contributed by atoms with Gasteiger partial charge in [-0.25, -0.2) is 0 Å². The number of hydrogen-bond acceptors (Lipinski definition) is 3. The predicted molar refractivity (Wildman–Crippen MR) is 83.3 cm³/mol. The van der Waals surface area contributed by atoms with Crippen LogP contribution in [0.2, 0.25) is 0 Å². The van der Waals surface area contributed by atoms with E-state index in [1.54, 1.807) is 6.20 Å². The molecule has 0 saturated heterocycles. The first-order valence-electron chi connectivity index (χ1n) is 7.76. The van der Waals surface area contributed by atoms with Crippen molar-refractivity contribution < 1.29 is 5.11 Å². The maximum absolute atomic E-state index is 10.2. The summed E-state index contributed by atoms with van der Waals surface area (Å²) in [7, 11) is 0. The van der Waals surface area contributed by atoms with Gasteiger partial charge in [0.05, 0.1) is 11.8 Å². The smallest absolute Gasteiger partial charge is 0.0692 e. The number of aromatic nitrogens is 1. The average molecular weight is 274 g/mol. The van der Waals surface area contributed by atoms with Crippen molar-refractivity contribution in [2.24, 2.45) is 5.92 Å². The number of aliphatic hydroxyl groups is 1. The normalized spacial score (nSPS) is 20.1. The molecule has 2 unspecified atom stereocenters. The highest BCUT2D eigenvalue weighted by Crippen LogP contribution is 2.26. The van der Waals surface area contributed by atoms with Crippen molar-refractivity contribution in [1.29, 1.82) is 0 Å². The summed E-state index contributed by atoms with van der Waals surface area (Å²) >= 11 is 0. The molecule has 1 aliphatic carbocycles. The van der Waals surface area contributed by atoms with Crippen molar-refractivity contribution in [3.8, 4) is 0 Å². The average Bonchev–Trinajstić information content (AvgIpc) is 2.52. The molecule has 0 aromatic carbocycles. The van der Waals surface area contributed by atoms with Gasteiger partial charge in [-0.2, -0.15) is 0 Å². The minimum atomic E-state index is -0.207. The first-order chi connectivity index (χ1) is 9.75. The lowest BCUT2D eigenvalue weighted by Gasteiger charge is -2.27. The molecule has 20 heavy (non-hydrogen) atoms. The van der Waals surface area contributed by atoms with Gasteiger partial charge >= 0.3 is 0 Å². The van der Waals surface area contributed by atoms with Crippen LogP contribution in [0, 0.1) is 5.92 Å². The van der Waals surface area contributed by atoms with Gasteiger partial charge in [0, 0.05) is 18.8 Å². The fourth-order valence-corrected chi connectivity index (χ4v) is 2.78. The Morgan fingerprint density at radius 3 is 2.85 bits per heavy atom. The Balaban J connectivity index is 1.71. The van der Waals surface area contributed by atoms with Crippen LogP contribution in [0.3, 0.4) is 0 Å². The fraction of sp³-hybridized carbons (Fsp3) is 0.588. The highest BCUT2D eigenvalue weighted by Gasteiger charge is 2.21. The molecule has 1 saturated carbocycles. The van der Waals surface area contributed by atoms with E-state index in [1.807, 2.05) is 24.3 Å². The van der Waals surface area contributed by atoms with Crippen LogP contribution in [0.1, 0.15) is 44.7 Å². The van der Waals surface area contributed by atoms with Crippen molar-refractivity contribution in [2.75, 3.05) is 6.54 Å². The molecule has 1 aromatic rings. The van der Waals surface area contributed by atoms with Crippen LogP contribution in [-0.2, 0) is 0 Å². The molecule has 1 aliphatic rings. The third-order valence-electron chi connectivity index (χ3n) is 4.09. The summed E-state index contributed by atoms with van der Waals surface area (Å²) < 4.78 is 0. The lowest BCUT2D eigenvalue weighted by atomic mass is 9.85. The van der Waals surface area contributed by atoms with E-state index in [1.165, 1.54) is 32.1 Å². The van der Waals surface area contributed by atoms with E-state index < -0.39 is 0 Å². The third-order valence-corrected chi connectivity index (χ3v) is 4.09. The number of rotatable bonds is 6. The van der Waals surface area contributed by atoms with Gasteiger partial charge in [-0.15, -0.1) is 0 Å². The summed E-state index contributed by atoms with van der Waals surface area (Å²) in [4.78, 5) is 4.26. The maximum atomic E-state index is 10.2. The molecule has 3 nitrogen and oxygen atoms in total. The van der Waals surface area contributed by atoms with Crippen molar-refractivity contribution in [1.82, 2.24) is 10.3 Å². The van der Waals surface area contributed by atoms with Crippen LogP contribution < -0.4 is 5.32 Å². The van der Waals surface area contributed by atoms with Crippen molar-refractivity contribution in [2.45, 2.75) is 51.2 Å². The van der Waals surface area contributed by atoms with E-state index >= 15 is 0 Å². The maximum Gasteiger partial charge on any atom is 0.0692 e. The van der Waals surface area contributed by atoms with Crippen molar-refractivity contribution >= 4 is 6.08 Å². The van der Waals surface area contributed by atoms with E-state index in [-0.39, 0.29) is 12.1 Å². The number of hydrogen-bond donors (Lipinski definition) is 2. The molecule has 0 amide bonds. The van der Waals surface area contributed by atoms with Gasteiger partial charge in [0.15, 0.2) is 0 Å². The standard InChI is InChI=1S/C17H26N2O/c1-14(10-11-16-9-5-6-12-18-16)19-13-17(20)15-7-3-2-4-8-15/h5-6,9-12,14-15,17,19-20H,2-4,7-8,13H2,1H3/b11-10+. The van der Waals surface area contributed by atoms with Gasteiger partial charge in [0.1, 0.15) is 0 Å². The molecule has 0 aliphatic heterocycles. The Labute approximate surface area is 122 Å². The minimum Gasteiger partial charge on any atom is -0.392 e. The molecule has 1 aromatic heterocycles. The van der Waals surface area contributed by atoms with E-state index in [0.717, 1.165) is 5.69 Å². The van der Waals surface area contributed by atoms with Gasteiger partial charge in [-0.3, -0.25) is 4.98 Å². The van der Waals surface area contributed by atoms with Gasteiger partial charge in [0.25, 0.3) is 0 Å². The quantitative estimate of drug-likeness (QED) is 0.838. The zero-order chi connectivity index (χ0) is 14.2. The van der Waals surface area contributed by atoms with Crippen LogP contribution in [0.15, 0.2) is 30.5 Å². The Bertz CT molecular complexity index is 399. The highest BCUT2D eigenvalue weighted by molar-refractivity contribution is 5.44. The zero-order valence-electron chi connectivity index (χ0n) is 12.3. The Morgan fingerprint density at radius 1 is 1.35 bits per heavy atom. The minimum absolute atomic E-state index is 0.207. The monoisotopic (exact) mass is 274 g/mol. The zero-order valence-corrected chi connectivity index (χ0v) is 12.3. The van der Waals surface area contributed by atoms with Gasteiger partial charge in [0.2, 0.25) is 0 Å². The fourth-order valence-electron chi connectivity index (χ4n) is 2.78. The van der Waals surface area contributed by atoms with Crippen LogP contribution in [0.4, 0.5) is 0 Å². The van der Waals surface area contributed by atoms with Crippen molar-refractivity contribution in [3.63, 3.8) is 0 Å². The number of nitrogens with zero attached hydrogens (tertiary/aromatic N) is 1. The van der Waals surface area contributed by atoms with Crippen molar-refractivity contribution in [3.05, 3.63) is 36.2 Å². The van der Waals surface area contributed by atoms with Crippen LogP contribution in [-0.4, -0.2) is 28.8 Å². The first kappa shape index (κ1) is 15.2. The van der Waals surface area contributed by atoms with E-state index in [4.69, 9.17) is 0 Å². The summed E-state index contributed by atoms with van der Waals surface area (Å²) in [5, 5.41) is 13.6. The van der Waals surface area contributed by atoms with Crippen LogP contribution in [0.25, 0.3) is 6.08 Å². The Kier molecular flexibility index (Phi) is 6.22. The summed E-state index contributed by atoms with van der Waals surface area (Å²) in [6.07, 6.45) is 11.9. The van der Waals surface area contributed by atoms with Gasteiger partial charge in [-0.1, -0.05) is 31.4 Å². The van der Waals surface area contributed by atoms with Gasteiger partial charge in [-0.05, 0) is 43.9 Å². The number of nitrogens with one attached hydrogen (secondary N) is 1. The Hall–Kier alpha value is -1.19. The summed E-state index contributed by atoms with van der Waals surface area (Å²) in [5.74, 6) is 0.489. The molecular formula is C17H26N2O. The molecule has 2 atom stereocenters. The predicted octanol–water partition coefficient (Wildman–Crippen LogP) is 3.01. The second-order valence-electron chi connectivity index (χ2n) is 5.78. The summed E-state index contributed by atoms with van der Waals surface area (Å²) in [5.41, 5.74) is 0.967. The van der Waals surface area contributed by atoms with Crippen LogP contribution in [0.5, 0.6) is 0 Å². The van der Waals surface area contributed by atoms with E-state index in [0.29, 0.717) is 12.5 Å². The molecule has 1 heterocycles. The van der Waals surface area contributed by atoms with Gasteiger partial charge < -0.3 is 10.4 Å². The highest BCUT2D eigenvalue weighted by atomic mass is 16.3. The second kappa shape index (κ2) is 8.18. The molecule has 0 bridgehead atoms. The molecule has 2 N–H and O–H groups in total. The summed E-state index contributed by atoms with van der Waals surface area (Å²) in [6.45, 7) is 2.78. The van der Waals surface area contributed by atoms with E-state index in [9.17, 15) is 5.11 Å². The third kappa shape index (κ3) is 5.06. The molecule has 110 valence electrons. The van der Waals surface area contributed by atoms with Crippen LogP contribution >= 0.6 is 0 Å².